The highest BCUT2D eigenvalue weighted by atomic mass is 16.5. The maximum atomic E-state index is 12.9. The van der Waals surface area contributed by atoms with E-state index >= 15 is 0 Å². The number of carbonyl (C=O) groups is 4. The summed E-state index contributed by atoms with van der Waals surface area (Å²) < 4.78 is 21.5. The van der Waals surface area contributed by atoms with Crippen molar-refractivity contribution in [2.75, 3.05) is 26.1 Å². The third-order valence-electron chi connectivity index (χ3n) is 6.52. The minimum atomic E-state index is -0.870. The van der Waals surface area contributed by atoms with Crippen molar-refractivity contribution in [3.8, 4) is 16.9 Å². The number of carbonyl (C=O) groups excluding carboxylic acids is 4. The summed E-state index contributed by atoms with van der Waals surface area (Å²) in [5.74, 6) is -3.09. The van der Waals surface area contributed by atoms with E-state index in [-0.39, 0.29) is 28.1 Å². The molecule has 0 aliphatic rings. The first kappa shape index (κ1) is 30.2. The van der Waals surface area contributed by atoms with Gasteiger partial charge in [0.15, 0.2) is 6.61 Å². The van der Waals surface area contributed by atoms with Crippen LogP contribution in [0.5, 0.6) is 0 Å². The predicted molar refractivity (Wildman–Crippen MR) is 163 cm³/mol. The maximum absolute atomic E-state index is 12.9. The number of hydrogen-bond donors (Lipinski definition) is 1. The molecular weight excluding hydrogens is 582 g/mol. The lowest BCUT2D eigenvalue weighted by molar-refractivity contribution is -0.142. The Kier molecular flexibility index (Phi) is 8.94. The Balaban J connectivity index is 1.36. The fraction of sp³-hybridized carbons (Fsp3) is 0.0909. The average Bonchev–Trinajstić information content (AvgIpc) is 3.49. The van der Waals surface area contributed by atoms with E-state index in [9.17, 15) is 24.0 Å². The van der Waals surface area contributed by atoms with Gasteiger partial charge in [-0.2, -0.15) is 5.10 Å². The number of hydrogen-bond acceptors (Lipinski definition) is 10. The van der Waals surface area contributed by atoms with E-state index in [1.54, 1.807) is 35.1 Å². The molecule has 2 aromatic heterocycles. The van der Waals surface area contributed by atoms with Crippen LogP contribution < -0.4 is 10.9 Å². The molecule has 45 heavy (non-hydrogen) atoms. The summed E-state index contributed by atoms with van der Waals surface area (Å²) >= 11 is 0. The van der Waals surface area contributed by atoms with Gasteiger partial charge in [-0.15, -0.1) is 0 Å². The van der Waals surface area contributed by atoms with Crippen LogP contribution in [-0.4, -0.2) is 54.4 Å². The first-order valence-corrected chi connectivity index (χ1v) is 13.4. The molecule has 0 saturated heterocycles. The second-order valence-corrected chi connectivity index (χ2v) is 9.43. The number of rotatable bonds is 9. The summed E-state index contributed by atoms with van der Waals surface area (Å²) in [7, 11) is 2.35. The van der Waals surface area contributed by atoms with E-state index in [2.05, 4.69) is 15.2 Å². The number of nitrogens with zero attached hydrogens (tertiary/aromatic N) is 2. The van der Waals surface area contributed by atoms with Crippen LogP contribution >= 0.6 is 0 Å². The largest absolute Gasteiger partial charge is 0.465 e. The minimum Gasteiger partial charge on any atom is -0.465 e. The van der Waals surface area contributed by atoms with E-state index in [0.717, 1.165) is 13.2 Å². The zero-order chi connectivity index (χ0) is 31.9. The van der Waals surface area contributed by atoms with Crippen LogP contribution in [0.3, 0.4) is 0 Å². The molecule has 0 aliphatic heterocycles. The Bertz CT molecular complexity index is 2010. The summed E-state index contributed by atoms with van der Waals surface area (Å²) in [6.07, 6.45) is 4.13. The molecule has 0 radical (unpaired) electrons. The number of benzene rings is 3. The van der Waals surface area contributed by atoms with E-state index in [1.807, 2.05) is 36.4 Å². The molecule has 0 saturated carbocycles. The molecule has 0 spiro atoms. The van der Waals surface area contributed by atoms with Crippen molar-refractivity contribution in [2.24, 2.45) is 0 Å². The zero-order valence-corrected chi connectivity index (χ0v) is 24.0. The number of ether oxygens (including phenoxy) is 3. The van der Waals surface area contributed by atoms with Crippen LogP contribution in [0, 0.1) is 0 Å². The van der Waals surface area contributed by atoms with Crippen molar-refractivity contribution >= 4 is 46.5 Å². The van der Waals surface area contributed by atoms with Crippen molar-refractivity contribution < 1.29 is 37.8 Å². The topological polar surface area (TPSA) is 156 Å². The first-order valence-electron chi connectivity index (χ1n) is 13.4. The Hall–Kier alpha value is -6.30. The molecule has 5 rings (SSSR count). The molecule has 1 amide bonds. The molecule has 5 aromatic rings. The van der Waals surface area contributed by atoms with Gasteiger partial charge in [-0.3, -0.25) is 4.79 Å². The van der Waals surface area contributed by atoms with Crippen LogP contribution in [0.4, 0.5) is 5.69 Å². The van der Waals surface area contributed by atoms with Gasteiger partial charge >= 0.3 is 23.5 Å². The number of aromatic nitrogens is 2. The second-order valence-electron chi connectivity index (χ2n) is 9.43. The highest BCUT2D eigenvalue weighted by Crippen LogP contribution is 2.26. The standard InChI is InChI=1S/C33H25N3O9/c1-42-31(39)21-12-14-24(32(40)43-2)26(17-21)34-28(37)19-44-29(38)15-13-22-18-36(23-9-4-3-5-10-23)35-30(22)25-16-20-8-6-7-11-27(20)45-33(25)41/h3-18H,19H2,1-2H3,(H,34,37). The number of esters is 3. The molecular formula is C33H25N3O9. The second kappa shape index (κ2) is 13.3. The number of methoxy groups -OCH3 is 2. The van der Waals surface area contributed by atoms with Gasteiger partial charge in [0.25, 0.3) is 5.91 Å². The lowest BCUT2D eigenvalue weighted by atomic mass is 10.1. The molecule has 1 N–H and O–H groups in total. The summed E-state index contributed by atoms with van der Waals surface area (Å²) in [6, 6.07) is 21.8. The first-order chi connectivity index (χ1) is 21.8. The summed E-state index contributed by atoms with van der Waals surface area (Å²) in [5.41, 5.74) is 1.40. The Morgan fingerprint density at radius 2 is 1.64 bits per heavy atom. The van der Waals surface area contributed by atoms with Crippen LogP contribution in [0.15, 0.2) is 100 Å². The van der Waals surface area contributed by atoms with Crippen molar-refractivity contribution in [3.05, 3.63) is 118 Å². The Labute approximate surface area is 255 Å². The molecule has 0 aliphatic carbocycles. The lowest BCUT2D eigenvalue weighted by Gasteiger charge is -2.11. The minimum absolute atomic E-state index is 0.0224. The van der Waals surface area contributed by atoms with Crippen LogP contribution in [-0.2, 0) is 23.8 Å². The average molecular weight is 608 g/mol. The predicted octanol–water partition coefficient (Wildman–Crippen LogP) is 4.41. The maximum Gasteiger partial charge on any atom is 0.345 e. The number of fused-ring (bicyclic) bond motifs is 1. The zero-order valence-electron chi connectivity index (χ0n) is 24.0. The summed E-state index contributed by atoms with van der Waals surface area (Å²) in [6.45, 7) is -0.712. The molecule has 0 unspecified atom stereocenters. The van der Waals surface area contributed by atoms with Crippen molar-refractivity contribution in [1.29, 1.82) is 0 Å². The normalized spacial score (nSPS) is 10.9. The smallest absolute Gasteiger partial charge is 0.345 e. The fourth-order valence-corrected chi connectivity index (χ4v) is 4.37. The Morgan fingerprint density at radius 3 is 2.40 bits per heavy atom. The van der Waals surface area contributed by atoms with Crippen molar-refractivity contribution in [2.45, 2.75) is 0 Å². The molecule has 226 valence electrons. The van der Waals surface area contributed by atoms with Gasteiger partial charge in [-0.25, -0.2) is 23.9 Å². The van der Waals surface area contributed by atoms with Gasteiger partial charge in [0.05, 0.1) is 42.3 Å². The summed E-state index contributed by atoms with van der Waals surface area (Å²) in [4.78, 5) is 62.2. The Morgan fingerprint density at radius 1 is 0.911 bits per heavy atom. The van der Waals surface area contributed by atoms with E-state index in [1.165, 1.54) is 31.4 Å². The quantitative estimate of drug-likeness (QED) is 0.110. The molecule has 12 heteroatoms. The van der Waals surface area contributed by atoms with E-state index in [4.69, 9.17) is 13.9 Å². The third-order valence-corrected chi connectivity index (χ3v) is 6.52. The summed E-state index contributed by atoms with van der Waals surface area (Å²) in [5, 5.41) is 7.72. The van der Waals surface area contributed by atoms with Crippen molar-refractivity contribution in [1.82, 2.24) is 9.78 Å². The lowest BCUT2D eigenvalue weighted by Crippen LogP contribution is -2.22. The van der Waals surface area contributed by atoms with Crippen LogP contribution in [0.25, 0.3) is 34.0 Å². The van der Waals surface area contributed by atoms with Gasteiger partial charge in [-0.05, 0) is 48.5 Å². The fourth-order valence-electron chi connectivity index (χ4n) is 4.37. The highest BCUT2D eigenvalue weighted by molar-refractivity contribution is 6.04. The monoisotopic (exact) mass is 607 g/mol. The van der Waals surface area contributed by atoms with E-state index < -0.39 is 36.0 Å². The number of para-hydroxylation sites is 2. The van der Waals surface area contributed by atoms with Gasteiger partial charge in [0.1, 0.15) is 11.3 Å². The van der Waals surface area contributed by atoms with Crippen LogP contribution in [0.1, 0.15) is 26.3 Å². The molecule has 3 aromatic carbocycles. The molecule has 2 heterocycles. The molecule has 0 atom stereocenters. The molecule has 0 bridgehead atoms. The number of nitrogens with one attached hydrogen (secondary N) is 1. The van der Waals surface area contributed by atoms with Gasteiger partial charge in [0.2, 0.25) is 0 Å². The SMILES string of the molecule is COC(=O)c1ccc(C(=O)OC)c(NC(=O)COC(=O)C=Cc2cn(-c3ccccc3)nc2-c2cc3ccccc3oc2=O)c1. The molecule has 12 nitrogen and oxygen atoms in total. The van der Waals surface area contributed by atoms with Crippen molar-refractivity contribution in [3.63, 3.8) is 0 Å². The number of anilines is 1. The molecule has 0 fully saturated rings. The van der Waals surface area contributed by atoms with Gasteiger partial charge in [-0.1, -0.05) is 36.4 Å². The van der Waals surface area contributed by atoms with Gasteiger partial charge in [0, 0.05) is 23.2 Å². The van der Waals surface area contributed by atoms with Gasteiger partial charge < -0.3 is 23.9 Å². The highest BCUT2D eigenvalue weighted by Gasteiger charge is 2.19. The number of amides is 1. The van der Waals surface area contributed by atoms with Crippen LogP contribution in [0.2, 0.25) is 0 Å². The third kappa shape index (κ3) is 6.86. The van der Waals surface area contributed by atoms with E-state index in [0.29, 0.717) is 22.2 Å².